The number of benzene rings is 1. The zero-order chi connectivity index (χ0) is 14.3. The molecule has 0 unspecified atom stereocenters. The van der Waals surface area contributed by atoms with E-state index in [1.165, 1.54) is 6.07 Å². The Hall–Kier alpha value is -2.82. The molecule has 0 radical (unpaired) electrons. The van der Waals surface area contributed by atoms with Crippen LogP contribution < -0.4 is 0 Å². The van der Waals surface area contributed by atoms with E-state index in [0.29, 0.717) is 5.82 Å². The van der Waals surface area contributed by atoms with E-state index in [1.54, 1.807) is 16.7 Å². The minimum absolute atomic E-state index is 0.0998. The highest BCUT2D eigenvalue weighted by molar-refractivity contribution is 5.97. The number of aromatic carboxylic acids is 1. The molecule has 20 heavy (non-hydrogen) atoms. The Morgan fingerprint density at radius 1 is 1.20 bits per heavy atom. The number of aryl methyl sites for hydroxylation is 1. The Bertz CT molecular complexity index is 821. The summed E-state index contributed by atoms with van der Waals surface area (Å²) in [6, 6.07) is 10.7. The first-order valence-electron chi connectivity index (χ1n) is 6.09. The number of hydrogen-bond acceptors (Lipinski definition) is 3. The van der Waals surface area contributed by atoms with Crippen molar-refractivity contribution >= 4 is 11.5 Å². The predicted octanol–water partition coefficient (Wildman–Crippen LogP) is 2.71. The van der Waals surface area contributed by atoms with E-state index in [1.807, 2.05) is 31.2 Å². The molecule has 0 aliphatic rings. The number of imidazole rings is 1. The van der Waals surface area contributed by atoms with E-state index in [-0.39, 0.29) is 17.0 Å². The van der Waals surface area contributed by atoms with Crippen LogP contribution in [0.4, 0.5) is 0 Å². The highest BCUT2D eigenvalue weighted by Gasteiger charge is 2.20. The summed E-state index contributed by atoms with van der Waals surface area (Å²) in [4.78, 5) is 15.5. The second-order valence-electron chi connectivity index (χ2n) is 4.52. The Kier molecular flexibility index (Phi) is 2.68. The number of carbonyl (C=O) groups is 1. The number of aromatic nitrogens is 2. The minimum atomic E-state index is -1.16. The van der Waals surface area contributed by atoms with E-state index in [2.05, 4.69) is 4.98 Å². The largest absolute Gasteiger partial charge is 0.506 e. The lowest BCUT2D eigenvalue weighted by molar-refractivity contribution is 0.0693. The van der Waals surface area contributed by atoms with Gasteiger partial charge < -0.3 is 10.2 Å². The summed E-state index contributed by atoms with van der Waals surface area (Å²) in [5, 5.41) is 19.2. The average molecular weight is 268 g/mol. The maximum absolute atomic E-state index is 11.3. The van der Waals surface area contributed by atoms with Gasteiger partial charge in [0.25, 0.3) is 0 Å². The van der Waals surface area contributed by atoms with Crippen molar-refractivity contribution < 1.29 is 15.0 Å². The minimum Gasteiger partial charge on any atom is -0.506 e. The number of carboxylic acids is 1. The second kappa shape index (κ2) is 4.38. The van der Waals surface area contributed by atoms with Gasteiger partial charge in [-0.2, -0.15) is 0 Å². The summed E-state index contributed by atoms with van der Waals surface area (Å²) >= 11 is 0. The summed E-state index contributed by atoms with van der Waals surface area (Å²) < 4.78 is 1.60. The lowest BCUT2D eigenvalue weighted by Crippen LogP contribution is -1.97. The van der Waals surface area contributed by atoms with Crippen molar-refractivity contribution in [1.82, 2.24) is 9.38 Å². The fourth-order valence-corrected chi connectivity index (χ4v) is 2.28. The van der Waals surface area contributed by atoms with Crippen LogP contribution in [0.5, 0.6) is 5.75 Å². The SMILES string of the molecule is Cc1ccccc1-c1nc(C(=O)O)c2c(O)cccn12. The van der Waals surface area contributed by atoms with Crippen LogP contribution >= 0.6 is 0 Å². The third-order valence-corrected chi connectivity index (χ3v) is 3.23. The van der Waals surface area contributed by atoms with Gasteiger partial charge in [0.15, 0.2) is 5.69 Å². The molecule has 0 spiro atoms. The van der Waals surface area contributed by atoms with Crippen LogP contribution in [0, 0.1) is 6.92 Å². The van der Waals surface area contributed by atoms with Crippen molar-refractivity contribution in [2.75, 3.05) is 0 Å². The van der Waals surface area contributed by atoms with Crippen LogP contribution in [0.2, 0.25) is 0 Å². The van der Waals surface area contributed by atoms with Crippen LogP contribution in [0.25, 0.3) is 16.9 Å². The Labute approximate surface area is 114 Å². The van der Waals surface area contributed by atoms with E-state index < -0.39 is 5.97 Å². The monoisotopic (exact) mass is 268 g/mol. The standard InChI is InChI=1S/C15H12N2O3/c1-9-5-2-3-6-10(9)14-16-12(15(19)20)13-11(18)7-4-8-17(13)14/h2-8,18H,1H3,(H,19,20). The van der Waals surface area contributed by atoms with E-state index >= 15 is 0 Å². The molecule has 0 atom stereocenters. The van der Waals surface area contributed by atoms with E-state index in [9.17, 15) is 15.0 Å². The molecule has 0 amide bonds. The number of carboxylic acid groups (broad SMARTS) is 1. The Balaban J connectivity index is 2.41. The first kappa shape index (κ1) is 12.2. The molecule has 2 aromatic heterocycles. The summed E-state index contributed by atoms with van der Waals surface area (Å²) in [6.07, 6.45) is 1.69. The lowest BCUT2D eigenvalue weighted by atomic mass is 10.1. The van der Waals surface area contributed by atoms with Gasteiger partial charge in [0.2, 0.25) is 0 Å². The molecule has 0 aliphatic heterocycles. The normalized spacial score (nSPS) is 10.8. The van der Waals surface area contributed by atoms with Crippen molar-refractivity contribution in [3.8, 4) is 17.1 Å². The number of rotatable bonds is 2. The molecule has 2 heterocycles. The molecular formula is C15H12N2O3. The zero-order valence-electron chi connectivity index (χ0n) is 10.7. The molecule has 0 bridgehead atoms. The fraction of sp³-hybridized carbons (Fsp3) is 0.0667. The second-order valence-corrected chi connectivity index (χ2v) is 4.52. The van der Waals surface area contributed by atoms with Gasteiger partial charge in [0, 0.05) is 11.8 Å². The average Bonchev–Trinajstić information content (AvgIpc) is 2.80. The van der Waals surface area contributed by atoms with Gasteiger partial charge in [0.1, 0.15) is 17.1 Å². The maximum atomic E-state index is 11.3. The summed E-state index contributed by atoms with van der Waals surface area (Å²) in [5.74, 6) is -0.757. The molecule has 3 rings (SSSR count). The summed E-state index contributed by atoms with van der Waals surface area (Å²) in [5.41, 5.74) is 1.87. The number of nitrogens with zero attached hydrogens (tertiary/aromatic N) is 2. The maximum Gasteiger partial charge on any atom is 0.356 e. The third-order valence-electron chi connectivity index (χ3n) is 3.23. The van der Waals surface area contributed by atoms with Crippen molar-refractivity contribution in [1.29, 1.82) is 0 Å². The molecule has 100 valence electrons. The van der Waals surface area contributed by atoms with Crippen molar-refractivity contribution in [3.63, 3.8) is 0 Å². The van der Waals surface area contributed by atoms with Gasteiger partial charge in [-0.15, -0.1) is 0 Å². The topological polar surface area (TPSA) is 74.8 Å². The van der Waals surface area contributed by atoms with Gasteiger partial charge in [-0.25, -0.2) is 9.78 Å². The van der Waals surface area contributed by atoms with Crippen molar-refractivity contribution in [2.45, 2.75) is 6.92 Å². The number of pyridine rings is 1. The smallest absolute Gasteiger partial charge is 0.356 e. The van der Waals surface area contributed by atoms with Crippen molar-refractivity contribution in [3.05, 3.63) is 53.9 Å². The molecule has 5 nitrogen and oxygen atoms in total. The molecule has 5 heteroatoms. The molecule has 0 saturated carbocycles. The van der Waals surface area contributed by atoms with Crippen LogP contribution in [0.1, 0.15) is 16.1 Å². The van der Waals surface area contributed by atoms with Crippen molar-refractivity contribution in [2.24, 2.45) is 0 Å². The number of fused-ring (bicyclic) bond motifs is 1. The highest BCUT2D eigenvalue weighted by atomic mass is 16.4. The van der Waals surface area contributed by atoms with Crippen LogP contribution in [-0.2, 0) is 0 Å². The van der Waals surface area contributed by atoms with E-state index in [4.69, 9.17) is 0 Å². The molecule has 0 fully saturated rings. The third kappa shape index (κ3) is 1.72. The van der Waals surface area contributed by atoms with Crippen LogP contribution in [-0.4, -0.2) is 25.6 Å². The van der Waals surface area contributed by atoms with Gasteiger partial charge in [-0.1, -0.05) is 24.3 Å². The van der Waals surface area contributed by atoms with Crippen LogP contribution in [0.3, 0.4) is 0 Å². The first-order chi connectivity index (χ1) is 9.59. The molecule has 3 aromatic rings. The summed E-state index contributed by atoms with van der Waals surface area (Å²) in [7, 11) is 0. The molecule has 0 aliphatic carbocycles. The van der Waals surface area contributed by atoms with Gasteiger partial charge in [0.05, 0.1) is 0 Å². The number of hydrogen-bond donors (Lipinski definition) is 2. The first-order valence-corrected chi connectivity index (χ1v) is 6.09. The molecule has 2 N–H and O–H groups in total. The summed E-state index contributed by atoms with van der Waals surface area (Å²) in [6.45, 7) is 1.93. The van der Waals surface area contributed by atoms with Gasteiger partial charge >= 0.3 is 5.97 Å². The quantitative estimate of drug-likeness (QED) is 0.749. The van der Waals surface area contributed by atoms with Gasteiger partial charge in [-0.05, 0) is 24.6 Å². The lowest BCUT2D eigenvalue weighted by Gasteiger charge is -2.04. The number of aromatic hydroxyl groups is 1. The fourth-order valence-electron chi connectivity index (χ4n) is 2.28. The van der Waals surface area contributed by atoms with E-state index in [0.717, 1.165) is 11.1 Å². The van der Waals surface area contributed by atoms with Gasteiger partial charge in [-0.3, -0.25) is 4.40 Å². The Morgan fingerprint density at radius 2 is 1.95 bits per heavy atom. The Morgan fingerprint density at radius 3 is 2.65 bits per heavy atom. The molecule has 1 aromatic carbocycles. The predicted molar refractivity (Wildman–Crippen MR) is 74.0 cm³/mol. The zero-order valence-corrected chi connectivity index (χ0v) is 10.7. The molecular weight excluding hydrogens is 256 g/mol. The molecule has 0 saturated heterocycles. The highest BCUT2D eigenvalue weighted by Crippen LogP contribution is 2.29. The van der Waals surface area contributed by atoms with Crippen LogP contribution in [0.15, 0.2) is 42.6 Å².